The third-order valence-electron chi connectivity index (χ3n) is 3.85. The van der Waals surface area contributed by atoms with Gasteiger partial charge in [-0.2, -0.15) is 4.98 Å². The topological polar surface area (TPSA) is 54.2 Å². The van der Waals surface area contributed by atoms with Gasteiger partial charge in [-0.05, 0) is 19.1 Å². The van der Waals surface area contributed by atoms with Crippen molar-refractivity contribution >= 4 is 40.1 Å². The molecule has 1 N–H and O–H groups in total. The quantitative estimate of drug-likeness (QED) is 0.778. The van der Waals surface area contributed by atoms with Crippen LogP contribution in [0.3, 0.4) is 0 Å². The van der Waals surface area contributed by atoms with E-state index in [1.54, 1.807) is 17.5 Å². The minimum Gasteiger partial charge on any atom is -0.423 e. The van der Waals surface area contributed by atoms with E-state index in [1.807, 2.05) is 17.5 Å². The summed E-state index contributed by atoms with van der Waals surface area (Å²) in [4.78, 5) is 11.2. The zero-order valence-corrected chi connectivity index (χ0v) is 13.6. The zero-order valence-electron chi connectivity index (χ0n) is 12.0. The van der Waals surface area contributed by atoms with Gasteiger partial charge in [0, 0.05) is 42.3 Å². The number of aromatic nitrogens is 2. The van der Waals surface area contributed by atoms with Gasteiger partial charge >= 0.3 is 0 Å². The van der Waals surface area contributed by atoms with Crippen LogP contribution in [0.4, 0.5) is 6.01 Å². The SMILES string of the molecule is CC1CNCCN1c1nc2cc(Cl)cc(-c3nccs3)c2o1. The van der Waals surface area contributed by atoms with Gasteiger partial charge in [0.1, 0.15) is 10.5 Å². The van der Waals surface area contributed by atoms with E-state index in [9.17, 15) is 0 Å². The summed E-state index contributed by atoms with van der Waals surface area (Å²) >= 11 is 7.80. The second-order valence-electron chi connectivity index (χ2n) is 5.38. The molecular weight excluding hydrogens is 320 g/mol. The molecule has 3 aromatic rings. The lowest BCUT2D eigenvalue weighted by Gasteiger charge is -2.32. The van der Waals surface area contributed by atoms with E-state index >= 15 is 0 Å². The smallest absolute Gasteiger partial charge is 0.298 e. The van der Waals surface area contributed by atoms with Crippen LogP contribution in [0.5, 0.6) is 0 Å². The summed E-state index contributed by atoms with van der Waals surface area (Å²) in [7, 11) is 0. The number of thiazole rings is 1. The highest BCUT2D eigenvalue weighted by Gasteiger charge is 2.24. The molecule has 4 rings (SSSR count). The number of fused-ring (bicyclic) bond motifs is 1. The van der Waals surface area contributed by atoms with E-state index < -0.39 is 0 Å². The molecule has 0 amide bonds. The van der Waals surface area contributed by atoms with Crippen LogP contribution in [0, 0.1) is 0 Å². The predicted molar refractivity (Wildman–Crippen MR) is 89.8 cm³/mol. The van der Waals surface area contributed by atoms with Gasteiger partial charge in [-0.25, -0.2) is 4.98 Å². The maximum Gasteiger partial charge on any atom is 0.298 e. The highest BCUT2D eigenvalue weighted by Crippen LogP contribution is 2.35. The number of nitrogens with one attached hydrogen (secondary N) is 1. The summed E-state index contributed by atoms with van der Waals surface area (Å²) in [5.74, 6) is 0. The van der Waals surface area contributed by atoms with Gasteiger partial charge in [-0.1, -0.05) is 11.6 Å². The van der Waals surface area contributed by atoms with E-state index in [-0.39, 0.29) is 0 Å². The Bertz CT molecular complexity index is 801. The van der Waals surface area contributed by atoms with Crippen molar-refractivity contribution in [2.75, 3.05) is 24.5 Å². The van der Waals surface area contributed by atoms with Gasteiger partial charge in [0.05, 0.1) is 5.56 Å². The molecule has 7 heteroatoms. The average Bonchev–Trinajstić information content (AvgIpc) is 3.15. The minimum absolute atomic E-state index is 0.348. The molecule has 3 heterocycles. The molecule has 22 heavy (non-hydrogen) atoms. The number of nitrogens with zero attached hydrogens (tertiary/aromatic N) is 3. The zero-order chi connectivity index (χ0) is 15.1. The molecule has 1 saturated heterocycles. The maximum atomic E-state index is 6.24. The summed E-state index contributed by atoms with van der Waals surface area (Å²) in [6.45, 7) is 4.91. The Morgan fingerprint density at radius 2 is 2.36 bits per heavy atom. The third-order valence-corrected chi connectivity index (χ3v) is 4.88. The molecule has 1 atom stereocenters. The molecule has 0 radical (unpaired) electrons. The largest absolute Gasteiger partial charge is 0.423 e. The van der Waals surface area contributed by atoms with Crippen molar-refractivity contribution < 1.29 is 4.42 Å². The Hall–Kier alpha value is -1.63. The summed E-state index contributed by atoms with van der Waals surface area (Å²) in [6, 6.07) is 4.73. The van der Waals surface area contributed by atoms with Crippen molar-refractivity contribution in [3.63, 3.8) is 0 Å². The number of hydrogen-bond donors (Lipinski definition) is 1. The van der Waals surface area contributed by atoms with Gasteiger partial charge in [0.15, 0.2) is 5.58 Å². The van der Waals surface area contributed by atoms with Crippen LogP contribution in [-0.2, 0) is 0 Å². The average molecular weight is 335 g/mol. The van der Waals surface area contributed by atoms with Crippen LogP contribution in [0.15, 0.2) is 28.1 Å². The molecule has 0 aliphatic carbocycles. The van der Waals surface area contributed by atoms with Crippen LogP contribution in [0.2, 0.25) is 5.02 Å². The first-order chi connectivity index (χ1) is 10.7. The Labute approximate surface area is 136 Å². The lowest BCUT2D eigenvalue weighted by molar-refractivity contribution is 0.456. The Morgan fingerprint density at radius 3 is 3.14 bits per heavy atom. The predicted octanol–water partition coefficient (Wildman–Crippen LogP) is 3.40. The van der Waals surface area contributed by atoms with Crippen LogP contribution in [-0.4, -0.2) is 35.6 Å². The van der Waals surface area contributed by atoms with Crippen LogP contribution in [0.1, 0.15) is 6.92 Å². The number of oxazole rings is 1. The fraction of sp³-hybridized carbons (Fsp3) is 0.333. The lowest BCUT2D eigenvalue weighted by atomic mass is 10.2. The molecule has 5 nitrogen and oxygen atoms in total. The number of halogens is 1. The van der Waals surface area contributed by atoms with E-state index in [4.69, 9.17) is 16.0 Å². The first kappa shape index (κ1) is 14.0. The van der Waals surface area contributed by atoms with E-state index in [0.29, 0.717) is 17.1 Å². The second kappa shape index (κ2) is 5.53. The molecule has 1 fully saturated rings. The number of hydrogen-bond acceptors (Lipinski definition) is 6. The minimum atomic E-state index is 0.348. The second-order valence-corrected chi connectivity index (χ2v) is 6.71. The van der Waals surface area contributed by atoms with Crippen LogP contribution >= 0.6 is 22.9 Å². The van der Waals surface area contributed by atoms with Gasteiger partial charge in [-0.15, -0.1) is 11.3 Å². The molecule has 2 aromatic heterocycles. The highest BCUT2D eigenvalue weighted by molar-refractivity contribution is 7.13. The monoisotopic (exact) mass is 334 g/mol. The summed E-state index contributed by atoms with van der Waals surface area (Å²) < 4.78 is 6.08. The van der Waals surface area contributed by atoms with E-state index in [0.717, 1.165) is 41.3 Å². The normalized spacial score (nSPS) is 19.0. The molecule has 1 aromatic carbocycles. The van der Waals surface area contributed by atoms with Crippen molar-refractivity contribution in [3.8, 4) is 10.6 Å². The molecule has 0 bridgehead atoms. The molecule has 114 valence electrons. The molecule has 1 aliphatic heterocycles. The standard InChI is InChI=1S/C15H15ClN4OS/c1-9-8-17-2-4-20(9)15-19-12-7-10(16)6-11(13(12)21-15)14-18-3-5-22-14/h3,5-7,9,17H,2,4,8H2,1H3. The van der Waals surface area contributed by atoms with Crippen molar-refractivity contribution in [1.29, 1.82) is 0 Å². The van der Waals surface area contributed by atoms with Crippen molar-refractivity contribution in [1.82, 2.24) is 15.3 Å². The lowest BCUT2D eigenvalue weighted by Crippen LogP contribution is -2.50. The first-order valence-corrected chi connectivity index (χ1v) is 8.45. The van der Waals surface area contributed by atoms with Crippen molar-refractivity contribution in [2.24, 2.45) is 0 Å². The molecule has 1 aliphatic rings. The Balaban J connectivity index is 1.85. The maximum absolute atomic E-state index is 6.24. The Kier molecular flexibility index (Phi) is 3.52. The van der Waals surface area contributed by atoms with E-state index in [2.05, 4.69) is 27.1 Å². The highest BCUT2D eigenvalue weighted by atomic mass is 35.5. The molecular formula is C15H15ClN4OS. The fourth-order valence-corrected chi connectivity index (χ4v) is 3.61. The molecule has 0 spiro atoms. The van der Waals surface area contributed by atoms with Gasteiger partial charge in [0.2, 0.25) is 0 Å². The number of anilines is 1. The van der Waals surface area contributed by atoms with E-state index in [1.165, 1.54) is 0 Å². The number of benzene rings is 1. The van der Waals surface area contributed by atoms with Crippen molar-refractivity contribution in [2.45, 2.75) is 13.0 Å². The van der Waals surface area contributed by atoms with Gasteiger partial charge < -0.3 is 14.6 Å². The summed E-state index contributed by atoms with van der Waals surface area (Å²) in [6.07, 6.45) is 1.78. The first-order valence-electron chi connectivity index (χ1n) is 7.19. The molecule has 0 saturated carbocycles. The third kappa shape index (κ3) is 2.37. The molecule has 1 unspecified atom stereocenters. The van der Waals surface area contributed by atoms with Crippen LogP contribution in [0.25, 0.3) is 21.7 Å². The van der Waals surface area contributed by atoms with Gasteiger partial charge in [0.25, 0.3) is 6.01 Å². The van der Waals surface area contributed by atoms with Crippen molar-refractivity contribution in [3.05, 3.63) is 28.7 Å². The summed E-state index contributed by atoms with van der Waals surface area (Å²) in [5.41, 5.74) is 2.43. The Morgan fingerprint density at radius 1 is 1.45 bits per heavy atom. The number of piperazine rings is 1. The number of rotatable bonds is 2. The van der Waals surface area contributed by atoms with Gasteiger partial charge in [-0.3, -0.25) is 0 Å². The fourth-order valence-electron chi connectivity index (χ4n) is 2.75. The van der Waals surface area contributed by atoms with Crippen LogP contribution < -0.4 is 10.2 Å². The summed E-state index contributed by atoms with van der Waals surface area (Å²) in [5, 5.41) is 6.85.